The van der Waals surface area contributed by atoms with Crippen molar-refractivity contribution in [1.29, 1.82) is 0 Å². The standard InChI is InChI=1S/C13H12ClNOS/c1-15(7-10-4-5-17-9-10)13-6-12(14)3-2-11(13)8-16/h2-6,8-9H,7H2,1H3. The maximum atomic E-state index is 11.0. The molecule has 0 unspecified atom stereocenters. The van der Waals surface area contributed by atoms with Gasteiger partial charge in [0.1, 0.15) is 0 Å². The molecule has 0 bridgehead atoms. The largest absolute Gasteiger partial charge is 0.370 e. The lowest BCUT2D eigenvalue weighted by molar-refractivity contribution is 0.112. The van der Waals surface area contributed by atoms with Gasteiger partial charge >= 0.3 is 0 Å². The van der Waals surface area contributed by atoms with Gasteiger partial charge in [-0.1, -0.05) is 11.6 Å². The zero-order valence-corrected chi connectivity index (χ0v) is 11.0. The van der Waals surface area contributed by atoms with Crippen molar-refractivity contribution in [3.8, 4) is 0 Å². The minimum atomic E-state index is 0.641. The SMILES string of the molecule is CN(Cc1ccsc1)c1cc(Cl)ccc1C=O. The van der Waals surface area contributed by atoms with Crippen LogP contribution in [0.15, 0.2) is 35.0 Å². The summed E-state index contributed by atoms with van der Waals surface area (Å²) in [4.78, 5) is 13.0. The van der Waals surface area contributed by atoms with E-state index in [-0.39, 0.29) is 0 Å². The highest BCUT2D eigenvalue weighted by atomic mass is 35.5. The molecular formula is C13H12ClNOS. The van der Waals surface area contributed by atoms with E-state index in [1.54, 1.807) is 23.5 Å². The van der Waals surface area contributed by atoms with E-state index in [0.717, 1.165) is 18.5 Å². The van der Waals surface area contributed by atoms with Crippen molar-refractivity contribution in [1.82, 2.24) is 0 Å². The topological polar surface area (TPSA) is 20.3 Å². The van der Waals surface area contributed by atoms with Crippen LogP contribution < -0.4 is 4.90 Å². The average Bonchev–Trinajstić information content (AvgIpc) is 2.81. The Hall–Kier alpha value is -1.32. The molecule has 0 N–H and O–H groups in total. The van der Waals surface area contributed by atoms with Crippen molar-refractivity contribution in [2.45, 2.75) is 6.54 Å². The third-order valence-corrected chi connectivity index (χ3v) is 3.50. The van der Waals surface area contributed by atoms with Gasteiger partial charge in [-0.05, 0) is 40.6 Å². The van der Waals surface area contributed by atoms with Crippen molar-refractivity contribution in [3.63, 3.8) is 0 Å². The quantitative estimate of drug-likeness (QED) is 0.783. The monoisotopic (exact) mass is 265 g/mol. The Bertz CT molecular complexity index is 510. The lowest BCUT2D eigenvalue weighted by Crippen LogP contribution is -2.17. The zero-order chi connectivity index (χ0) is 12.3. The number of hydrogen-bond acceptors (Lipinski definition) is 3. The molecule has 0 spiro atoms. The Kier molecular flexibility index (Phi) is 3.82. The van der Waals surface area contributed by atoms with Crippen molar-refractivity contribution in [2.75, 3.05) is 11.9 Å². The van der Waals surface area contributed by atoms with Gasteiger partial charge in [-0.2, -0.15) is 11.3 Å². The molecule has 0 amide bonds. The Morgan fingerprint density at radius 1 is 1.41 bits per heavy atom. The molecule has 0 atom stereocenters. The summed E-state index contributed by atoms with van der Waals surface area (Å²) in [7, 11) is 1.95. The van der Waals surface area contributed by atoms with Crippen LogP contribution in [-0.4, -0.2) is 13.3 Å². The first-order chi connectivity index (χ1) is 8.20. The van der Waals surface area contributed by atoms with Gasteiger partial charge in [0.25, 0.3) is 0 Å². The molecule has 4 heteroatoms. The normalized spacial score (nSPS) is 10.2. The average molecular weight is 266 g/mol. The van der Waals surface area contributed by atoms with Crippen molar-refractivity contribution in [3.05, 3.63) is 51.2 Å². The van der Waals surface area contributed by atoms with Gasteiger partial charge in [0, 0.05) is 29.9 Å². The fourth-order valence-corrected chi connectivity index (χ4v) is 2.51. The number of thiophene rings is 1. The highest BCUT2D eigenvalue weighted by Gasteiger charge is 2.08. The van der Waals surface area contributed by atoms with Crippen LogP contribution in [0.25, 0.3) is 0 Å². The molecule has 2 rings (SSSR count). The number of carbonyl (C=O) groups is 1. The van der Waals surface area contributed by atoms with Crippen LogP contribution in [0.2, 0.25) is 5.02 Å². The molecular weight excluding hydrogens is 254 g/mol. The Morgan fingerprint density at radius 2 is 2.24 bits per heavy atom. The summed E-state index contributed by atoms with van der Waals surface area (Å²) in [6.45, 7) is 0.769. The van der Waals surface area contributed by atoms with Crippen LogP contribution >= 0.6 is 22.9 Å². The zero-order valence-electron chi connectivity index (χ0n) is 9.39. The van der Waals surface area contributed by atoms with E-state index >= 15 is 0 Å². The minimum Gasteiger partial charge on any atom is -0.370 e. The predicted octanol–water partition coefficient (Wildman–Crippen LogP) is 3.85. The second kappa shape index (κ2) is 5.34. The van der Waals surface area contributed by atoms with Gasteiger partial charge in [0.2, 0.25) is 0 Å². The fraction of sp³-hybridized carbons (Fsp3) is 0.154. The lowest BCUT2D eigenvalue weighted by atomic mass is 10.1. The van der Waals surface area contributed by atoms with Crippen LogP contribution in [0, 0.1) is 0 Å². The molecule has 0 aliphatic heterocycles. The fourth-order valence-electron chi connectivity index (χ4n) is 1.69. The van der Waals surface area contributed by atoms with E-state index < -0.39 is 0 Å². The number of hydrogen-bond donors (Lipinski definition) is 0. The number of rotatable bonds is 4. The highest BCUT2D eigenvalue weighted by molar-refractivity contribution is 7.07. The molecule has 17 heavy (non-hydrogen) atoms. The predicted molar refractivity (Wildman–Crippen MR) is 73.3 cm³/mol. The maximum Gasteiger partial charge on any atom is 0.152 e. The van der Waals surface area contributed by atoms with Gasteiger partial charge in [0.15, 0.2) is 6.29 Å². The molecule has 0 aliphatic carbocycles. The first kappa shape index (κ1) is 12.1. The maximum absolute atomic E-state index is 11.0. The number of nitrogens with zero attached hydrogens (tertiary/aromatic N) is 1. The van der Waals surface area contributed by atoms with Gasteiger partial charge < -0.3 is 4.90 Å². The van der Waals surface area contributed by atoms with Gasteiger partial charge in [0.05, 0.1) is 0 Å². The molecule has 2 nitrogen and oxygen atoms in total. The molecule has 88 valence electrons. The van der Waals surface area contributed by atoms with Crippen molar-refractivity contribution in [2.24, 2.45) is 0 Å². The molecule has 0 saturated heterocycles. The van der Waals surface area contributed by atoms with Crippen LogP contribution in [0.5, 0.6) is 0 Å². The van der Waals surface area contributed by atoms with Crippen molar-refractivity contribution < 1.29 is 4.79 Å². The first-order valence-corrected chi connectivity index (χ1v) is 6.49. The highest BCUT2D eigenvalue weighted by Crippen LogP contribution is 2.24. The molecule has 0 fully saturated rings. The number of benzene rings is 1. The Balaban J connectivity index is 2.26. The third-order valence-electron chi connectivity index (χ3n) is 2.53. The summed E-state index contributed by atoms with van der Waals surface area (Å²) in [5, 5.41) is 4.78. The molecule has 0 aliphatic rings. The number of aldehydes is 1. The number of anilines is 1. The van der Waals surface area contributed by atoms with Crippen LogP contribution in [0.4, 0.5) is 5.69 Å². The van der Waals surface area contributed by atoms with E-state index in [0.29, 0.717) is 10.6 Å². The molecule has 1 aromatic heterocycles. The van der Waals surface area contributed by atoms with E-state index in [1.807, 2.05) is 23.4 Å². The van der Waals surface area contributed by atoms with Crippen molar-refractivity contribution >= 4 is 34.9 Å². The summed E-state index contributed by atoms with van der Waals surface area (Å²) in [6, 6.07) is 7.37. The van der Waals surface area contributed by atoms with E-state index in [2.05, 4.69) is 11.4 Å². The summed E-state index contributed by atoms with van der Waals surface area (Å²) < 4.78 is 0. The summed E-state index contributed by atoms with van der Waals surface area (Å²) in [5.74, 6) is 0. The second-order valence-electron chi connectivity index (χ2n) is 3.81. The lowest BCUT2D eigenvalue weighted by Gasteiger charge is -2.20. The first-order valence-electron chi connectivity index (χ1n) is 5.17. The van der Waals surface area contributed by atoms with Gasteiger partial charge in [-0.25, -0.2) is 0 Å². The van der Waals surface area contributed by atoms with E-state index in [9.17, 15) is 4.79 Å². The Morgan fingerprint density at radius 3 is 2.88 bits per heavy atom. The molecule has 0 radical (unpaired) electrons. The molecule has 2 aromatic rings. The molecule has 1 heterocycles. The van der Waals surface area contributed by atoms with Gasteiger partial charge in [-0.3, -0.25) is 4.79 Å². The van der Waals surface area contributed by atoms with E-state index in [4.69, 9.17) is 11.6 Å². The summed E-state index contributed by atoms with van der Waals surface area (Å²) in [6.07, 6.45) is 0.857. The van der Waals surface area contributed by atoms with Crippen LogP contribution in [-0.2, 0) is 6.54 Å². The number of halogens is 1. The Labute approximate surface area is 109 Å². The number of carbonyl (C=O) groups excluding carboxylic acids is 1. The third kappa shape index (κ3) is 2.87. The van der Waals surface area contributed by atoms with E-state index in [1.165, 1.54) is 5.56 Å². The summed E-state index contributed by atoms with van der Waals surface area (Å²) >= 11 is 7.63. The summed E-state index contributed by atoms with van der Waals surface area (Å²) in [5.41, 5.74) is 2.75. The van der Waals surface area contributed by atoms with Crippen LogP contribution in [0.1, 0.15) is 15.9 Å². The molecule has 1 aromatic carbocycles. The second-order valence-corrected chi connectivity index (χ2v) is 5.03. The van der Waals surface area contributed by atoms with Gasteiger partial charge in [-0.15, -0.1) is 0 Å². The van der Waals surface area contributed by atoms with Crippen LogP contribution in [0.3, 0.4) is 0 Å². The molecule has 0 saturated carbocycles. The minimum absolute atomic E-state index is 0.641. The smallest absolute Gasteiger partial charge is 0.152 e.